The van der Waals surface area contributed by atoms with Crippen molar-refractivity contribution >= 4 is 0 Å². The quantitative estimate of drug-likeness (QED) is 0.285. The van der Waals surface area contributed by atoms with Crippen molar-refractivity contribution in [2.24, 2.45) is 0 Å². The average molecular weight is 397 g/mol. The van der Waals surface area contributed by atoms with Crippen LogP contribution in [0, 0.1) is 6.92 Å². The molecule has 0 saturated carbocycles. The lowest BCUT2D eigenvalue weighted by Crippen LogP contribution is -1.87. The number of aryl methyl sites for hydroxylation is 1. The van der Waals surface area contributed by atoms with Crippen LogP contribution >= 0.6 is 0 Å². The second kappa shape index (κ2) is 8.45. The fourth-order valence-electron chi connectivity index (χ4n) is 4.15. The van der Waals surface area contributed by atoms with Crippen molar-refractivity contribution in [2.75, 3.05) is 0 Å². The third-order valence-electron chi connectivity index (χ3n) is 5.81. The number of hydrogen-bond donors (Lipinski definition) is 0. The van der Waals surface area contributed by atoms with Crippen molar-refractivity contribution in [3.63, 3.8) is 0 Å². The lowest BCUT2D eigenvalue weighted by Gasteiger charge is -2.13. The minimum atomic E-state index is 1.23. The molecule has 0 heterocycles. The highest BCUT2D eigenvalue weighted by Gasteiger charge is 2.09. The summed E-state index contributed by atoms with van der Waals surface area (Å²) in [5.74, 6) is 0. The second-order valence-electron chi connectivity index (χ2n) is 7.90. The molecule has 0 atom stereocenters. The molecule has 148 valence electrons. The molecule has 0 N–H and O–H groups in total. The fraction of sp³-hybridized carbons (Fsp3) is 0.0323. The lowest BCUT2D eigenvalue weighted by molar-refractivity contribution is 1.47. The van der Waals surface area contributed by atoms with Crippen molar-refractivity contribution in [1.29, 1.82) is 0 Å². The van der Waals surface area contributed by atoms with Gasteiger partial charge < -0.3 is 0 Å². The van der Waals surface area contributed by atoms with Crippen LogP contribution in [0.4, 0.5) is 0 Å². The van der Waals surface area contributed by atoms with Crippen molar-refractivity contribution < 1.29 is 0 Å². The summed E-state index contributed by atoms with van der Waals surface area (Å²) in [7, 11) is 0. The SMILES string of the molecule is Cc1ccc(-c2ccccc2-c2ccc(-c3ccccc3-c3ccccc3)cc2)cc1. The summed E-state index contributed by atoms with van der Waals surface area (Å²) in [6.45, 7) is 2.13. The summed E-state index contributed by atoms with van der Waals surface area (Å²) < 4.78 is 0. The zero-order valence-electron chi connectivity index (χ0n) is 17.6. The highest BCUT2D eigenvalue weighted by atomic mass is 14.1. The van der Waals surface area contributed by atoms with Crippen LogP contribution in [0.2, 0.25) is 0 Å². The molecule has 0 radical (unpaired) electrons. The predicted octanol–water partition coefficient (Wildman–Crippen LogP) is 8.66. The van der Waals surface area contributed by atoms with E-state index in [2.05, 4.69) is 134 Å². The molecular formula is C31H24. The summed E-state index contributed by atoms with van der Waals surface area (Å²) in [4.78, 5) is 0. The molecule has 0 aromatic heterocycles. The van der Waals surface area contributed by atoms with Crippen LogP contribution in [0.1, 0.15) is 5.56 Å². The molecule has 31 heavy (non-hydrogen) atoms. The first-order chi connectivity index (χ1) is 15.3. The molecule has 0 bridgehead atoms. The fourth-order valence-corrected chi connectivity index (χ4v) is 4.15. The van der Waals surface area contributed by atoms with Crippen molar-refractivity contribution in [3.8, 4) is 44.5 Å². The van der Waals surface area contributed by atoms with Crippen molar-refractivity contribution in [2.45, 2.75) is 6.92 Å². The monoisotopic (exact) mass is 396 g/mol. The smallest absolute Gasteiger partial charge is 0.0105 e. The maximum atomic E-state index is 2.24. The molecule has 0 aliphatic heterocycles. The Morgan fingerprint density at radius 3 is 0.968 bits per heavy atom. The summed E-state index contributed by atoms with van der Waals surface area (Å²) in [5, 5.41) is 0. The molecule has 0 aliphatic carbocycles. The van der Waals surface area contributed by atoms with E-state index < -0.39 is 0 Å². The van der Waals surface area contributed by atoms with Crippen LogP contribution in [0.15, 0.2) is 127 Å². The Labute approximate surface area is 184 Å². The summed E-state index contributed by atoms with van der Waals surface area (Å²) in [5.41, 5.74) is 11.3. The Morgan fingerprint density at radius 1 is 0.290 bits per heavy atom. The van der Waals surface area contributed by atoms with E-state index in [1.807, 2.05) is 0 Å². The van der Waals surface area contributed by atoms with Crippen LogP contribution in [-0.2, 0) is 0 Å². The first-order valence-electron chi connectivity index (χ1n) is 10.7. The minimum Gasteiger partial charge on any atom is -0.0622 e. The Morgan fingerprint density at radius 2 is 0.581 bits per heavy atom. The molecule has 0 unspecified atom stereocenters. The largest absolute Gasteiger partial charge is 0.0622 e. The number of rotatable bonds is 4. The molecule has 0 nitrogen and oxygen atoms in total. The van der Waals surface area contributed by atoms with Gasteiger partial charge in [0.1, 0.15) is 0 Å². The van der Waals surface area contributed by atoms with Gasteiger partial charge in [0.25, 0.3) is 0 Å². The van der Waals surface area contributed by atoms with Gasteiger partial charge in [0.05, 0.1) is 0 Å². The standard InChI is InChI=1S/C31H24/c1-23-15-17-25(18-16-23)29-12-7-8-14-31(29)27-21-19-26(20-22-27)30-13-6-5-11-28(30)24-9-3-2-4-10-24/h2-22H,1H3. The summed E-state index contributed by atoms with van der Waals surface area (Å²) in [6.07, 6.45) is 0. The second-order valence-corrected chi connectivity index (χ2v) is 7.90. The highest BCUT2D eigenvalue weighted by molar-refractivity contribution is 5.87. The topological polar surface area (TPSA) is 0 Å². The molecule has 0 amide bonds. The predicted molar refractivity (Wildman–Crippen MR) is 133 cm³/mol. The maximum Gasteiger partial charge on any atom is -0.0105 e. The minimum absolute atomic E-state index is 1.23. The third kappa shape index (κ3) is 3.93. The molecule has 0 fully saturated rings. The van der Waals surface area contributed by atoms with Gasteiger partial charge in [0, 0.05) is 0 Å². The molecule has 5 aromatic rings. The Bertz CT molecular complexity index is 1290. The maximum absolute atomic E-state index is 2.24. The van der Waals surface area contributed by atoms with Crippen molar-refractivity contribution in [3.05, 3.63) is 133 Å². The van der Waals surface area contributed by atoms with E-state index in [1.54, 1.807) is 0 Å². The van der Waals surface area contributed by atoms with E-state index >= 15 is 0 Å². The number of benzene rings is 5. The van der Waals surface area contributed by atoms with Crippen molar-refractivity contribution in [1.82, 2.24) is 0 Å². The highest BCUT2D eigenvalue weighted by Crippen LogP contribution is 2.35. The summed E-state index contributed by atoms with van der Waals surface area (Å²) in [6, 6.07) is 45.6. The van der Waals surface area contributed by atoms with Gasteiger partial charge in [-0.3, -0.25) is 0 Å². The van der Waals surface area contributed by atoms with Gasteiger partial charge in [-0.1, -0.05) is 133 Å². The molecule has 0 saturated heterocycles. The first-order valence-corrected chi connectivity index (χ1v) is 10.7. The molecule has 5 aromatic carbocycles. The van der Waals surface area contributed by atoms with Gasteiger partial charge in [-0.2, -0.15) is 0 Å². The molecule has 5 rings (SSSR count). The van der Waals surface area contributed by atoms with Gasteiger partial charge in [0.15, 0.2) is 0 Å². The zero-order valence-corrected chi connectivity index (χ0v) is 17.6. The first kappa shape index (κ1) is 19.1. The summed E-state index contributed by atoms with van der Waals surface area (Å²) >= 11 is 0. The van der Waals surface area contributed by atoms with Gasteiger partial charge in [-0.25, -0.2) is 0 Å². The number of hydrogen-bond acceptors (Lipinski definition) is 0. The molecule has 0 spiro atoms. The van der Waals surface area contributed by atoms with Gasteiger partial charge in [-0.15, -0.1) is 0 Å². The zero-order chi connectivity index (χ0) is 21.0. The normalized spacial score (nSPS) is 10.7. The molecular weight excluding hydrogens is 372 g/mol. The van der Waals surface area contributed by atoms with Gasteiger partial charge in [0.2, 0.25) is 0 Å². The Hall–Kier alpha value is -3.90. The van der Waals surface area contributed by atoms with E-state index in [1.165, 1.54) is 50.1 Å². The van der Waals surface area contributed by atoms with Crippen LogP contribution in [0.5, 0.6) is 0 Å². The molecule has 0 aliphatic rings. The van der Waals surface area contributed by atoms with E-state index in [-0.39, 0.29) is 0 Å². The van der Waals surface area contributed by atoms with Crippen LogP contribution in [-0.4, -0.2) is 0 Å². The van der Waals surface area contributed by atoms with E-state index in [9.17, 15) is 0 Å². The third-order valence-corrected chi connectivity index (χ3v) is 5.81. The van der Waals surface area contributed by atoms with E-state index in [0.717, 1.165) is 0 Å². The van der Waals surface area contributed by atoms with E-state index in [0.29, 0.717) is 0 Å². The Balaban J connectivity index is 1.54. The van der Waals surface area contributed by atoms with Crippen LogP contribution < -0.4 is 0 Å². The lowest BCUT2D eigenvalue weighted by atomic mass is 9.91. The van der Waals surface area contributed by atoms with Crippen LogP contribution in [0.3, 0.4) is 0 Å². The van der Waals surface area contributed by atoms with Gasteiger partial charge >= 0.3 is 0 Å². The van der Waals surface area contributed by atoms with E-state index in [4.69, 9.17) is 0 Å². The van der Waals surface area contributed by atoms with Crippen LogP contribution in [0.25, 0.3) is 44.5 Å². The average Bonchev–Trinajstić information content (AvgIpc) is 2.85. The van der Waals surface area contributed by atoms with Gasteiger partial charge in [-0.05, 0) is 51.4 Å². The molecule has 0 heteroatoms. The Kier molecular flexibility index (Phi) is 5.21.